The predicted molar refractivity (Wildman–Crippen MR) is 82.4 cm³/mol. The lowest BCUT2D eigenvalue weighted by atomic mass is 9.93. The summed E-state index contributed by atoms with van der Waals surface area (Å²) in [6.45, 7) is 5.91. The maximum absolute atomic E-state index is 13.7. The quantitative estimate of drug-likeness (QED) is 0.848. The van der Waals surface area contributed by atoms with Gasteiger partial charge < -0.3 is 5.73 Å². The molecule has 3 N–H and O–H groups in total. The Morgan fingerprint density at radius 1 is 1.33 bits per heavy atom. The summed E-state index contributed by atoms with van der Waals surface area (Å²) in [7, 11) is -4.06. The molecule has 8 heteroatoms. The molecule has 0 saturated heterocycles. The van der Waals surface area contributed by atoms with Gasteiger partial charge in [0.1, 0.15) is 10.7 Å². The van der Waals surface area contributed by atoms with E-state index in [9.17, 15) is 12.8 Å². The number of hydrogen-bond donors (Lipinski definition) is 2. The number of nitrogens with one attached hydrogen (secondary N) is 1. The van der Waals surface area contributed by atoms with Crippen molar-refractivity contribution < 1.29 is 12.8 Å². The molecule has 0 spiro atoms. The van der Waals surface area contributed by atoms with Crippen LogP contribution in [-0.4, -0.2) is 13.4 Å². The summed E-state index contributed by atoms with van der Waals surface area (Å²) in [5, 5.41) is 1.97. The number of benzene rings is 1. The van der Waals surface area contributed by atoms with Gasteiger partial charge in [0.05, 0.1) is 5.69 Å². The van der Waals surface area contributed by atoms with Gasteiger partial charge in [-0.25, -0.2) is 17.8 Å². The van der Waals surface area contributed by atoms with Gasteiger partial charge in [-0.15, -0.1) is 11.3 Å². The molecule has 0 saturated carbocycles. The predicted octanol–water partition coefficient (Wildman–Crippen LogP) is 2.96. The lowest BCUT2D eigenvalue weighted by Crippen LogP contribution is -2.16. The minimum atomic E-state index is -4.06. The van der Waals surface area contributed by atoms with Crippen molar-refractivity contribution in [2.45, 2.75) is 31.1 Å². The van der Waals surface area contributed by atoms with E-state index in [0.717, 1.165) is 29.2 Å². The van der Waals surface area contributed by atoms with Gasteiger partial charge in [-0.2, -0.15) is 0 Å². The highest BCUT2D eigenvalue weighted by atomic mass is 32.2. The van der Waals surface area contributed by atoms with E-state index in [0.29, 0.717) is 0 Å². The molecule has 1 aromatic heterocycles. The first-order valence-corrected chi connectivity index (χ1v) is 8.50. The highest BCUT2D eigenvalue weighted by Crippen LogP contribution is 2.28. The number of hydrogen-bond acceptors (Lipinski definition) is 5. The highest BCUT2D eigenvalue weighted by Gasteiger charge is 2.23. The average Bonchev–Trinajstić information content (AvgIpc) is 2.79. The zero-order valence-corrected chi connectivity index (χ0v) is 13.5. The number of rotatable bonds is 3. The van der Waals surface area contributed by atoms with Crippen LogP contribution in [0.2, 0.25) is 0 Å². The number of nitrogens with two attached hydrogens (primary N) is 1. The molecule has 0 aliphatic rings. The highest BCUT2D eigenvalue weighted by molar-refractivity contribution is 7.93. The molecule has 5 nitrogen and oxygen atoms in total. The summed E-state index contributed by atoms with van der Waals surface area (Å²) >= 11 is 1.15. The van der Waals surface area contributed by atoms with Crippen molar-refractivity contribution in [1.82, 2.24) is 4.98 Å². The van der Waals surface area contributed by atoms with Crippen molar-refractivity contribution in [3.05, 3.63) is 35.1 Å². The van der Waals surface area contributed by atoms with Crippen LogP contribution in [0.1, 0.15) is 26.5 Å². The molecule has 1 heterocycles. The fourth-order valence-electron chi connectivity index (χ4n) is 1.56. The van der Waals surface area contributed by atoms with Gasteiger partial charge in [-0.1, -0.05) is 20.8 Å². The van der Waals surface area contributed by atoms with Crippen LogP contribution in [0.3, 0.4) is 0 Å². The molecule has 0 aliphatic heterocycles. The molecule has 0 amide bonds. The van der Waals surface area contributed by atoms with E-state index >= 15 is 0 Å². The van der Waals surface area contributed by atoms with Gasteiger partial charge in [0.15, 0.2) is 5.13 Å². The molecule has 0 atom stereocenters. The Labute approximate surface area is 127 Å². The van der Waals surface area contributed by atoms with Crippen LogP contribution in [0, 0.1) is 5.82 Å². The van der Waals surface area contributed by atoms with Crippen LogP contribution in [0.25, 0.3) is 0 Å². The molecule has 21 heavy (non-hydrogen) atoms. The van der Waals surface area contributed by atoms with E-state index in [1.54, 1.807) is 5.38 Å². The smallest absolute Gasteiger partial charge is 0.266 e. The van der Waals surface area contributed by atoms with Crippen molar-refractivity contribution >= 4 is 32.2 Å². The monoisotopic (exact) mass is 329 g/mol. The van der Waals surface area contributed by atoms with Crippen LogP contribution in [-0.2, 0) is 15.4 Å². The van der Waals surface area contributed by atoms with Gasteiger partial charge in [0.2, 0.25) is 0 Å². The molecule has 114 valence electrons. The zero-order valence-electron chi connectivity index (χ0n) is 11.8. The van der Waals surface area contributed by atoms with Crippen LogP contribution in [0.15, 0.2) is 28.5 Å². The number of anilines is 2. The summed E-state index contributed by atoms with van der Waals surface area (Å²) in [6, 6.07) is 3.40. The first kappa shape index (κ1) is 15.7. The maximum Gasteiger partial charge on any atom is 0.266 e. The first-order chi connectivity index (χ1) is 9.59. The number of thiazole rings is 1. The second-order valence-electron chi connectivity index (χ2n) is 5.58. The average molecular weight is 329 g/mol. The van der Waals surface area contributed by atoms with Crippen molar-refractivity contribution in [1.29, 1.82) is 0 Å². The zero-order chi connectivity index (χ0) is 15.8. The fourth-order valence-corrected chi connectivity index (χ4v) is 3.86. The van der Waals surface area contributed by atoms with Crippen LogP contribution in [0.4, 0.5) is 15.2 Å². The number of nitrogen functional groups attached to an aromatic ring is 1. The van der Waals surface area contributed by atoms with E-state index < -0.39 is 20.7 Å². The summed E-state index contributed by atoms with van der Waals surface area (Å²) in [6.07, 6.45) is 0. The van der Waals surface area contributed by atoms with Gasteiger partial charge in [-0.05, 0) is 18.2 Å². The summed E-state index contributed by atoms with van der Waals surface area (Å²) in [5.41, 5.74) is 6.25. The summed E-state index contributed by atoms with van der Waals surface area (Å²) in [4.78, 5) is 3.73. The molecule has 1 aromatic carbocycles. The van der Waals surface area contributed by atoms with E-state index in [-0.39, 0.29) is 16.2 Å². The normalized spacial score (nSPS) is 12.4. The molecule has 2 aromatic rings. The lowest BCUT2D eigenvalue weighted by molar-refractivity contribution is 0.568. The molecule has 0 fully saturated rings. The topological polar surface area (TPSA) is 85.1 Å². The van der Waals surface area contributed by atoms with E-state index in [1.165, 1.54) is 6.07 Å². The van der Waals surface area contributed by atoms with Gasteiger partial charge in [-0.3, -0.25) is 4.72 Å². The summed E-state index contributed by atoms with van der Waals surface area (Å²) < 4.78 is 40.3. The Kier molecular flexibility index (Phi) is 3.94. The number of halogens is 1. The Morgan fingerprint density at radius 3 is 2.57 bits per heavy atom. The molecule has 0 bridgehead atoms. The summed E-state index contributed by atoms with van der Waals surface area (Å²) in [5.74, 6) is -0.857. The van der Waals surface area contributed by atoms with Crippen molar-refractivity contribution in [3.63, 3.8) is 0 Å². The van der Waals surface area contributed by atoms with E-state index in [1.807, 2.05) is 20.8 Å². The maximum atomic E-state index is 13.7. The Balaban J connectivity index is 2.34. The number of aromatic nitrogens is 1. The molecular weight excluding hydrogens is 313 g/mol. The second kappa shape index (κ2) is 5.27. The van der Waals surface area contributed by atoms with Gasteiger partial charge >= 0.3 is 0 Å². The van der Waals surface area contributed by atoms with Crippen LogP contribution >= 0.6 is 11.3 Å². The van der Waals surface area contributed by atoms with Crippen LogP contribution < -0.4 is 10.5 Å². The molecule has 2 rings (SSSR count). The lowest BCUT2D eigenvalue weighted by Gasteiger charge is -2.14. The third-order valence-electron chi connectivity index (χ3n) is 2.74. The fraction of sp³-hybridized carbons (Fsp3) is 0.308. The minimum absolute atomic E-state index is 0.172. The minimum Gasteiger partial charge on any atom is -0.399 e. The largest absolute Gasteiger partial charge is 0.399 e. The van der Waals surface area contributed by atoms with Crippen molar-refractivity contribution in [2.75, 3.05) is 10.5 Å². The molecule has 0 aliphatic carbocycles. The third-order valence-corrected chi connectivity index (χ3v) is 4.98. The molecule has 0 unspecified atom stereocenters. The Hall–Kier alpha value is -1.67. The first-order valence-electron chi connectivity index (χ1n) is 6.13. The number of nitrogens with zero attached hydrogens (tertiary/aromatic N) is 1. The van der Waals surface area contributed by atoms with E-state index in [4.69, 9.17) is 5.73 Å². The Bertz CT molecular complexity index is 764. The standard InChI is InChI=1S/C13H16FN3O2S2/c1-13(2,3)11-7-20-12(16-11)17-21(18,19)10-6-8(15)4-5-9(10)14/h4-7H,15H2,1-3H3,(H,16,17). The molecule has 0 radical (unpaired) electrons. The SMILES string of the molecule is CC(C)(C)c1csc(NS(=O)(=O)c2cc(N)ccc2F)n1. The van der Waals surface area contributed by atoms with E-state index in [2.05, 4.69) is 9.71 Å². The molecular formula is C13H16FN3O2S2. The van der Waals surface area contributed by atoms with Gasteiger partial charge in [0.25, 0.3) is 10.0 Å². The number of sulfonamides is 1. The third kappa shape index (κ3) is 3.51. The Morgan fingerprint density at radius 2 is 2.00 bits per heavy atom. The van der Waals surface area contributed by atoms with Gasteiger partial charge in [0, 0.05) is 16.5 Å². The van der Waals surface area contributed by atoms with Crippen molar-refractivity contribution in [2.24, 2.45) is 0 Å². The van der Waals surface area contributed by atoms with Crippen LogP contribution in [0.5, 0.6) is 0 Å². The second-order valence-corrected chi connectivity index (χ2v) is 8.09. The van der Waals surface area contributed by atoms with Crippen molar-refractivity contribution in [3.8, 4) is 0 Å².